The molecule has 106 heavy (non-hydrogen) atoms. The third-order valence-electron chi connectivity index (χ3n) is 21.9. The van der Waals surface area contributed by atoms with Crippen molar-refractivity contribution >= 4 is 135 Å². The van der Waals surface area contributed by atoms with E-state index in [9.17, 15) is 0 Å². The van der Waals surface area contributed by atoms with E-state index in [0.717, 1.165) is 22.7 Å². The monoisotopic (exact) mass is 1350 g/mol. The molecule has 17 aromatic carbocycles. The topological polar surface area (TPSA) is 16.3 Å². The number of aromatic nitrogens is 2. The van der Waals surface area contributed by atoms with Gasteiger partial charge in [0.1, 0.15) is 0 Å². The zero-order valence-electron chi connectivity index (χ0n) is 58.2. The Hall–Kier alpha value is -13.7. The molecule has 4 nitrogen and oxygen atoms in total. The second kappa shape index (κ2) is 26.3. The maximum atomic E-state index is 2.46. The summed E-state index contributed by atoms with van der Waals surface area (Å²) in [6.07, 6.45) is 0. The number of anilines is 6. The molecule has 0 N–H and O–H groups in total. The number of hydrogen-bond donors (Lipinski definition) is 0. The van der Waals surface area contributed by atoms with Crippen LogP contribution in [0.15, 0.2) is 413 Å². The quantitative estimate of drug-likeness (QED) is 0.127. The standard InChI is InChI=1S/C60H41BN2.C40H27BN2/c1-4-18-42(19-5-1)47-40-52(45-20-6-2-7-21-45)60(53(41-47)46-22-8-3-9-23-46)61-54-26-12-16-30-58(54)63(59-31-17-13-27-55(59)61)49-38-34-44(35-39-49)43-32-36-48(37-33-43)62-56-28-14-10-24-50(56)51-25-11-15-29-57(51)62;1-2-17-31-28(13-1)14-11-22-34(31)41-35-20-5-9-25-39(35)43(40-26-10-6-21-36(40)41)30-16-12-15-29(27-30)42-37-23-7-3-18-32(37)33-19-4-8-24-38(33)42/h1-41H;1-27H. The van der Waals surface area contributed by atoms with Crippen LogP contribution in [0.25, 0.3) is 110 Å². The second-order valence-corrected chi connectivity index (χ2v) is 27.8. The number of benzene rings is 17. The molecule has 19 aromatic rings. The third-order valence-corrected chi connectivity index (χ3v) is 21.9. The van der Waals surface area contributed by atoms with Crippen molar-refractivity contribution in [2.45, 2.75) is 0 Å². The first-order valence-corrected chi connectivity index (χ1v) is 36.7. The highest BCUT2D eigenvalue weighted by atomic mass is 15.2. The van der Waals surface area contributed by atoms with Crippen molar-refractivity contribution in [2.24, 2.45) is 0 Å². The van der Waals surface area contributed by atoms with E-state index in [4.69, 9.17) is 0 Å². The molecular weight excluding hydrogens is 1280 g/mol. The Kier molecular flexibility index (Phi) is 15.4. The van der Waals surface area contributed by atoms with Gasteiger partial charge < -0.3 is 18.9 Å². The lowest BCUT2D eigenvalue weighted by atomic mass is 9.33. The molecule has 0 atom stereocenters. The largest absolute Gasteiger partial charge is 0.312 e. The summed E-state index contributed by atoms with van der Waals surface area (Å²) in [5, 5.41) is 7.67. The van der Waals surface area contributed by atoms with Crippen LogP contribution in [0.3, 0.4) is 0 Å². The van der Waals surface area contributed by atoms with Gasteiger partial charge in [0.25, 0.3) is 0 Å². The maximum Gasteiger partial charge on any atom is 0.248 e. The van der Waals surface area contributed by atoms with Crippen LogP contribution in [-0.4, -0.2) is 22.6 Å². The average molecular weight is 1350 g/mol. The van der Waals surface area contributed by atoms with Gasteiger partial charge in [0.2, 0.25) is 13.4 Å². The highest BCUT2D eigenvalue weighted by Gasteiger charge is 2.39. The van der Waals surface area contributed by atoms with E-state index in [-0.39, 0.29) is 13.4 Å². The van der Waals surface area contributed by atoms with Gasteiger partial charge in [-0.2, -0.15) is 0 Å². The van der Waals surface area contributed by atoms with Crippen LogP contribution in [0.2, 0.25) is 0 Å². The van der Waals surface area contributed by atoms with E-state index in [1.54, 1.807) is 0 Å². The van der Waals surface area contributed by atoms with Crippen LogP contribution in [0.5, 0.6) is 0 Å². The molecule has 0 amide bonds. The van der Waals surface area contributed by atoms with E-state index in [1.807, 2.05) is 0 Å². The summed E-state index contributed by atoms with van der Waals surface area (Å²) in [5.41, 5.74) is 31.8. The van der Waals surface area contributed by atoms with Gasteiger partial charge in [0.05, 0.1) is 22.1 Å². The Morgan fingerprint density at radius 3 is 0.972 bits per heavy atom. The van der Waals surface area contributed by atoms with Crippen molar-refractivity contribution in [1.82, 2.24) is 9.13 Å². The zero-order chi connectivity index (χ0) is 70.0. The Morgan fingerprint density at radius 2 is 0.500 bits per heavy atom. The molecule has 21 rings (SSSR count). The Balaban J connectivity index is 0.000000151. The van der Waals surface area contributed by atoms with Crippen molar-refractivity contribution in [1.29, 1.82) is 0 Å². The molecular formula is C100H68B2N4. The van der Waals surface area contributed by atoms with Crippen molar-refractivity contribution in [3.05, 3.63) is 413 Å². The Morgan fingerprint density at radius 1 is 0.179 bits per heavy atom. The van der Waals surface area contributed by atoms with E-state index >= 15 is 0 Å². The first-order chi connectivity index (χ1) is 52.6. The smallest absolute Gasteiger partial charge is 0.248 e. The minimum absolute atomic E-state index is 0.0313. The highest BCUT2D eigenvalue weighted by molar-refractivity contribution is 7.00. The van der Waals surface area contributed by atoms with E-state index in [2.05, 4.69) is 431 Å². The van der Waals surface area contributed by atoms with Gasteiger partial charge >= 0.3 is 0 Å². The molecule has 0 unspecified atom stereocenters. The SMILES string of the molecule is c1cc(N2c3ccccc3B(c3cccc4ccccc34)c3ccccc32)cc(-n2c3ccccc3c3ccccc32)c1.c1ccc(-c2cc(-c3ccccc3)c(B3c4ccccc4N(c4ccc(-c5ccc(-n6c7ccccc7c7ccccc76)cc5)cc4)c4ccccc43)c(-c3ccccc3)c2)cc1. The summed E-state index contributed by atoms with van der Waals surface area (Å²) in [5.74, 6) is 0. The predicted octanol–water partition coefficient (Wildman–Crippen LogP) is 22.0. The van der Waals surface area contributed by atoms with Gasteiger partial charge in [0, 0.05) is 67.0 Å². The minimum atomic E-state index is -0.0313. The fraction of sp³-hybridized carbons (Fsp3) is 0. The van der Waals surface area contributed by atoms with Crippen LogP contribution in [0, 0.1) is 0 Å². The Bertz CT molecular complexity index is 6270. The van der Waals surface area contributed by atoms with Crippen molar-refractivity contribution in [3.63, 3.8) is 0 Å². The number of fused-ring (bicyclic) bond motifs is 11. The number of para-hydroxylation sites is 8. The van der Waals surface area contributed by atoms with Gasteiger partial charge in [0.15, 0.2) is 0 Å². The number of nitrogens with zero attached hydrogens (tertiary/aromatic N) is 4. The van der Waals surface area contributed by atoms with Gasteiger partial charge in [-0.15, -0.1) is 0 Å². The maximum absolute atomic E-state index is 2.46. The van der Waals surface area contributed by atoms with Crippen molar-refractivity contribution in [3.8, 4) is 55.9 Å². The normalized spacial score (nSPS) is 12.3. The number of hydrogen-bond acceptors (Lipinski definition) is 2. The van der Waals surface area contributed by atoms with Gasteiger partial charge in [-0.3, -0.25) is 0 Å². The van der Waals surface area contributed by atoms with Crippen molar-refractivity contribution in [2.75, 3.05) is 9.80 Å². The molecule has 0 spiro atoms. The molecule has 6 heteroatoms. The highest BCUT2D eigenvalue weighted by Crippen LogP contribution is 2.43. The molecule has 0 saturated heterocycles. The molecule has 0 fully saturated rings. The summed E-state index contributed by atoms with van der Waals surface area (Å²) in [6.45, 7) is 0.103. The summed E-state index contributed by atoms with van der Waals surface area (Å²) in [6, 6.07) is 151. The number of rotatable bonds is 10. The van der Waals surface area contributed by atoms with Gasteiger partial charge in [-0.05, 0) is 180 Å². The molecule has 0 bridgehead atoms. The van der Waals surface area contributed by atoms with E-state index < -0.39 is 0 Å². The van der Waals surface area contributed by atoms with Crippen LogP contribution in [-0.2, 0) is 0 Å². The summed E-state index contributed by atoms with van der Waals surface area (Å²) in [4.78, 5) is 4.91. The first kappa shape index (κ1) is 62.1. The zero-order valence-corrected chi connectivity index (χ0v) is 58.2. The molecule has 0 radical (unpaired) electrons. The molecule has 2 aliphatic rings. The van der Waals surface area contributed by atoms with Crippen LogP contribution in [0.1, 0.15) is 0 Å². The first-order valence-electron chi connectivity index (χ1n) is 36.7. The molecule has 0 aliphatic carbocycles. The molecule has 494 valence electrons. The second-order valence-electron chi connectivity index (χ2n) is 27.8. The summed E-state index contributed by atoms with van der Waals surface area (Å²) < 4.78 is 4.77. The van der Waals surface area contributed by atoms with E-state index in [0.29, 0.717) is 0 Å². The average Bonchev–Trinajstić information content (AvgIpc) is 0.970. The molecule has 2 aliphatic heterocycles. The summed E-state index contributed by atoms with van der Waals surface area (Å²) >= 11 is 0. The predicted molar refractivity (Wildman–Crippen MR) is 452 cm³/mol. The van der Waals surface area contributed by atoms with Crippen molar-refractivity contribution < 1.29 is 0 Å². The lowest BCUT2D eigenvalue weighted by molar-refractivity contribution is 1.17. The van der Waals surface area contributed by atoms with E-state index in [1.165, 1.54) is 154 Å². The van der Waals surface area contributed by atoms with Gasteiger partial charge in [-0.25, -0.2) is 0 Å². The Labute approximate surface area is 618 Å². The minimum Gasteiger partial charge on any atom is -0.312 e. The van der Waals surface area contributed by atoms with Crippen LogP contribution < -0.4 is 42.6 Å². The van der Waals surface area contributed by atoms with Crippen LogP contribution in [0.4, 0.5) is 34.1 Å². The lowest BCUT2D eigenvalue weighted by Crippen LogP contribution is -2.58. The third kappa shape index (κ3) is 10.6. The lowest BCUT2D eigenvalue weighted by Gasteiger charge is -2.38. The fourth-order valence-electron chi connectivity index (χ4n) is 17.3. The fourth-order valence-corrected chi connectivity index (χ4v) is 17.3. The molecule has 2 aromatic heterocycles. The molecule has 4 heterocycles. The van der Waals surface area contributed by atoms with Gasteiger partial charge in [-0.1, -0.05) is 320 Å². The molecule has 0 saturated carbocycles. The van der Waals surface area contributed by atoms with Crippen LogP contribution >= 0.6 is 0 Å². The summed E-state index contributed by atoms with van der Waals surface area (Å²) in [7, 11) is 0.